The molecule has 4 atom stereocenters. The highest BCUT2D eigenvalue weighted by Gasteiger charge is 2.73. The number of amides is 2. The van der Waals surface area contributed by atoms with Crippen LogP contribution >= 0.6 is 58.8 Å². The Morgan fingerprint density at radius 1 is 1.30 bits per heavy atom. The molecular formula is C21H23Cl3N2O5S2. The van der Waals surface area contributed by atoms with Crippen molar-refractivity contribution >= 4 is 81.9 Å². The van der Waals surface area contributed by atoms with Crippen LogP contribution in [0.25, 0.3) is 0 Å². The molecule has 1 unspecified atom stereocenters. The van der Waals surface area contributed by atoms with E-state index in [2.05, 4.69) is 5.32 Å². The lowest BCUT2D eigenvalue weighted by Gasteiger charge is -2.55. The number of rotatable bonds is 8. The normalized spacial score (nSPS) is 26.6. The third-order valence-electron chi connectivity index (χ3n) is 5.57. The average molecular weight is 554 g/mol. The van der Waals surface area contributed by atoms with Crippen LogP contribution in [0.15, 0.2) is 30.3 Å². The average Bonchev–Trinajstić information content (AvgIpc) is 3.02. The molecule has 33 heavy (non-hydrogen) atoms. The molecular weight excluding hydrogens is 531 g/mol. The summed E-state index contributed by atoms with van der Waals surface area (Å²) in [5.74, 6) is -1.54. The molecule has 3 rings (SSSR count). The van der Waals surface area contributed by atoms with Crippen LogP contribution in [0.2, 0.25) is 0 Å². The molecule has 0 spiro atoms. The van der Waals surface area contributed by atoms with Crippen LogP contribution in [0.1, 0.15) is 20.8 Å². The Morgan fingerprint density at radius 2 is 1.94 bits per heavy atom. The van der Waals surface area contributed by atoms with E-state index >= 15 is 0 Å². The van der Waals surface area contributed by atoms with Crippen LogP contribution < -0.4 is 10.1 Å². The van der Waals surface area contributed by atoms with Gasteiger partial charge in [0.2, 0.25) is 3.79 Å². The molecule has 2 amide bonds. The summed E-state index contributed by atoms with van der Waals surface area (Å²) in [4.78, 5) is 40.5. The second-order valence-electron chi connectivity index (χ2n) is 8.36. The molecule has 12 heteroatoms. The molecule has 1 aromatic carbocycles. The van der Waals surface area contributed by atoms with Crippen molar-refractivity contribution in [1.29, 1.82) is 0 Å². The maximum absolute atomic E-state index is 13.5. The third kappa shape index (κ3) is 5.22. The fourth-order valence-corrected chi connectivity index (χ4v) is 6.17. The summed E-state index contributed by atoms with van der Waals surface area (Å²) in [6.45, 7) is 4.66. The number of ether oxygens (including phenoxy) is 2. The first-order valence-corrected chi connectivity index (χ1v) is 12.5. The van der Waals surface area contributed by atoms with Crippen LogP contribution in [0.3, 0.4) is 0 Å². The fourth-order valence-electron chi connectivity index (χ4n) is 3.99. The Labute approximate surface area is 216 Å². The quantitative estimate of drug-likeness (QED) is 0.228. The number of nitrogens with zero attached hydrogens (tertiary/aromatic N) is 1. The zero-order chi connectivity index (χ0) is 24.6. The fraction of sp³-hybridized carbons (Fsp3) is 0.524. The van der Waals surface area contributed by atoms with E-state index in [0.717, 1.165) is 0 Å². The van der Waals surface area contributed by atoms with E-state index in [4.69, 9.17) is 56.5 Å². The number of carbonyl (C=O) groups excluding carboxylic acids is 3. The number of para-hydroxylation sites is 1. The van der Waals surface area contributed by atoms with Crippen molar-refractivity contribution in [2.24, 2.45) is 5.92 Å². The molecule has 0 aliphatic carbocycles. The van der Waals surface area contributed by atoms with E-state index in [9.17, 15) is 14.4 Å². The van der Waals surface area contributed by atoms with Crippen LogP contribution in [-0.4, -0.2) is 66.8 Å². The maximum Gasteiger partial charge on any atom is 0.330 e. The summed E-state index contributed by atoms with van der Waals surface area (Å²) < 4.78 is 8.19. The first kappa shape index (κ1) is 26.3. The van der Waals surface area contributed by atoms with Crippen LogP contribution in [0.4, 0.5) is 0 Å². The van der Waals surface area contributed by atoms with Crippen LogP contribution in [0.5, 0.6) is 5.75 Å². The number of esters is 1. The van der Waals surface area contributed by atoms with Gasteiger partial charge in [-0.15, -0.1) is 11.8 Å². The molecule has 2 fully saturated rings. The minimum absolute atomic E-state index is 0.279. The maximum atomic E-state index is 13.5. The van der Waals surface area contributed by atoms with Crippen molar-refractivity contribution < 1.29 is 23.9 Å². The first-order chi connectivity index (χ1) is 15.3. The minimum Gasteiger partial charge on any atom is -0.484 e. The Morgan fingerprint density at radius 3 is 2.52 bits per heavy atom. The van der Waals surface area contributed by atoms with Crippen LogP contribution in [-0.2, 0) is 19.1 Å². The lowest BCUT2D eigenvalue weighted by atomic mass is 9.76. The van der Waals surface area contributed by atoms with Crippen molar-refractivity contribution in [3.8, 4) is 5.75 Å². The standard InChI is InChI=1S/C21H23Cl3N2O5S2/c1-12(10-32)21(25-14(27)9-30-13-7-5-4-6-8-13)17(29)26-15(19(2,3)33-18(21)26)16(28)31-11-20(22,23)24/h4-8,10,12,15,18H,9,11H2,1-3H3,(H,25,27)/t12?,15-,18+,21+/m0/s1. The van der Waals surface area contributed by atoms with Crippen molar-refractivity contribution in [2.45, 2.75) is 46.3 Å². The second-order valence-corrected chi connectivity index (χ2v) is 12.9. The molecule has 0 aromatic heterocycles. The zero-order valence-electron chi connectivity index (χ0n) is 18.0. The summed E-state index contributed by atoms with van der Waals surface area (Å²) in [7, 11) is 0. The summed E-state index contributed by atoms with van der Waals surface area (Å²) in [5, 5.41) is 3.73. The van der Waals surface area contributed by atoms with Gasteiger partial charge in [0.15, 0.2) is 12.1 Å². The molecule has 2 aliphatic heterocycles. The van der Waals surface area contributed by atoms with Gasteiger partial charge in [-0.3, -0.25) is 9.59 Å². The van der Waals surface area contributed by atoms with Gasteiger partial charge in [-0.2, -0.15) is 0 Å². The number of hydrogen-bond donors (Lipinski definition) is 1. The number of thiocarbonyl (C=S) groups is 1. The molecule has 7 nitrogen and oxygen atoms in total. The van der Waals surface area contributed by atoms with E-state index in [-0.39, 0.29) is 6.61 Å². The van der Waals surface area contributed by atoms with Gasteiger partial charge in [-0.05, 0) is 31.3 Å². The van der Waals surface area contributed by atoms with E-state index in [1.165, 1.54) is 22.0 Å². The first-order valence-electron chi connectivity index (χ1n) is 10.0. The van der Waals surface area contributed by atoms with Crippen molar-refractivity contribution in [3.05, 3.63) is 30.3 Å². The lowest BCUT2D eigenvalue weighted by molar-refractivity contribution is -0.173. The van der Waals surface area contributed by atoms with Gasteiger partial charge in [-0.1, -0.05) is 72.1 Å². The summed E-state index contributed by atoms with van der Waals surface area (Å²) in [6.07, 6.45) is 0. The predicted molar refractivity (Wildman–Crippen MR) is 133 cm³/mol. The van der Waals surface area contributed by atoms with Gasteiger partial charge in [0.1, 0.15) is 23.8 Å². The van der Waals surface area contributed by atoms with Gasteiger partial charge >= 0.3 is 5.97 Å². The monoisotopic (exact) mass is 552 g/mol. The number of fused-ring (bicyclic) bond motifs is 1. The Balaban J connectivity index is 1.79. The number of benzene rings is 1. The Bertz CT molecular complexity index is 944. The third-order valence-corrected chi connectivity index (χ3v) is 7.95. The molecule has 0 saturated carbocycles. The van der Waals surface area contributed by atoms with Crippen LogP contribution in [0, 0.1) is 5.92 Å². The van der Waals surface area contributed by atoms with E-state index in [0.29, 0.717) is 5.75 Å². The summed E-state index contributed by atoms with van der Waals surface area (Å²) in [6, 6.07) is 7.93. The largest absolute Gasteiger partial charge is 0.484 e. The van der Waals surface area contributed by atoms with Crippen molar-refractivity contribution in [1.82, 2.24) is 10.2 Å². The SMILES string of the molecule is CC(C=S)[C@@]1(NC(=O)COc2ccccc2)C(=O)N2[C@@H](C(=O)OCC(Cl)(Cl)Cl)C(C)(C)S[C@@H]21. The van der Waals surface area contributed by atoms with Gasteiger partial charge in [0.05, 0.1) is 0 Å². The topological polar surface area (TPSA) is 84.9 Å². The zero-order valence-corrected chi connectivity index (χ0v) is 21.9. The number of halogens is 3. The van der Waals surface area contributed by atoms with Gasteiger partial charge < -0.3 is 19.7 Å². The van der Waals surface area contributed by atoms with Crippen molar-refractivity contribution in [3.63, 3.8) is 0 Å². The van der Waals surface area contributed by atoms with Gasteiger partial charge in [0, 0.05) is 10.7 Å². The summed E-state index contributed by atoms with van der Waals surface area (Å²) in [5.41, 5.74) is -1.31. The highest BCUT2D eigenvalue weighted by molar-refractivity contribution is 8.01. The summed E-state index contributed by atoms with van der Waals surface area (Å²) >= 11 is 23.6. The lowest BCUT2D eigenvalue weighted by Crippen LogP contribution is -2.82. The molecule has 180 valence electrons. The van der Waals surface area contributed by atoms with E-state index < -0.39 is 55.8 Å². The minimum atomic E-state index is -1.77. The number of alkyl halides is 3. The number of hydrogen-bond acceptors (Lipinski definition) is 7. The Hall–Kier alpha value is -1.26. The molecule has 1 N–H and O–H groups in total. The molecule has 2 heterocycles. The Kier molecular flexibility index (Phi) is 7.80. The second kappa shape index (κ2) is 9.77. The number of nitrogens with one attached hydrogen (secondary N) is 1. The van der Waals surface area contributed by atoms with Crippen molar-refractivity contribution in [2.75, 3.05) is 13.2 Å². The molecule has 2 saturated heterocycles. The smallest absolute Gasteiger partial charge is 0.330 e. The molecule has 0 bridgehead atoms. The van der Waals surface area contributed by atoms with E-state index in [1.54, 1.807) is 31.2 Å². The van der Waals surface area contributed by atoms with Gasteiger partial charge in [0.25, 0.3) is 11.8 Å². The van der Waals surface area contributed by atoms with Gasteiger partial charge in [-0.25, -0.2) is 4.79 Å². The highest BCUT2D eigenvalue weighted by atomic mass is 35.6. The number of carbonyl (C=O) groups is 3. The molecule has 0 radical (unpaired) electrons. The molecule has 2 aliphatic rings. The number of β-lactam (4-membered cyclic amide) rings is 1. The highest BCUT2D eigenvalue weighted by Crippen LogP contribution is 2.57. The van der Waals surface area contributed by atoms with E-state index in [1.807, 2.05) is 19.9 Å². The number of thioether (sulfide) groups is 1. The molecule has 1 aromatic rings. The predicted octanol–water partition coefficient (Wildman–Crippen LogP) is 3.53.